The Bertz CT molecular complexity index is 351. The molecule has 0 aromatic rings. The molecule has 110 valence electrons. The summed E-state index contributed by atoms with van der Waals surface area (Å²) in [7, 11) is 1.34. The van der Waals surface area contributed by atoms with Crippen LogP contribution in [-0.4, -0.2) is 54.4 Å². The van der Waals surface area contributed by atoms with Crippen molar-refractivity contribution in [2.75, 3.05) is 26.7 Å². The molecule has 1 heterocycles. The Morgan fingerprint density at radius 1 is 1.42 bits per heavy atom. The van der Waals surface area contributed by atoms with E-state index in [0.29, 0.717) is 13.1 Å². The highest BCUT2D eigenvalue weighted by atomic mass is 16.5. The standard InChI is InChI=1S/C13H24N2O4/c1-12(2,3)13(9-14-8-10(16)19-4)6-5-7-15(13)11(17)18/h14H,5-9H2,1-4H3,(H,17,18)/t13-/m0/s1. The first kappa shape index (κ1) is 15.8. The molecule has 0 spiro atoms. The molecule has 2 N–H and O–H groups in total. The summed E-state index contributed by atoms with van der Waals surface area (Å²) >= 11 is 0. The van der Waals surface area contributed by atoms with Crippen molar-refractivity contribution in [2.24, 2.45) is 5.41 Å². The monoisotopic (exact) mass is 272 g/mol. The third kappa shape index (κ3) is 3.18. The lowest BCUT2D eigenvalue weighted by Gasteiger charge is -2.47. The van der Waals surface area contributed by atoms with E-state index in [2.05, 4.69) is 10.1 Å². The van der Waals surface area contributed by atoms with Gasteiger partial charge in [0, 0.05) is 13.1 Å². The predicted octanol–water partition coefficient (Wildman–Crippen LogP) is 1.31. The van der Waals surface area contributed by atoms with Gasteiger partial charge in [-0.3, -0.25) is 4.79 Å². The minimum atomic E-state index is -0.896. The molecule has 19 heavy (non-hydrogen) atoms. The fourth-order valence-corrected chi connectivity index (χ4v) is 2.83. The molecule has 0 unspecified atom stereocenters. The Morgan fingerprint density at radius 3 is 2.53 bits per heavy atom. The maximum atomic E-state index is 11.4. The summed E-state index contributed by atoms with van der Waals surface area (Å²) < 4.78 is 4.58. The van der Waals surface area contributed by atoms with Crippen LogP contribution in [0.25, 0.3) is 0 Å². The molecule has 0 saturated carbocycles. The lowest BCUT2D eigenvalue weighted by molar-refractivity contribution is -0.139. The van der Waals surface area contributed by atoms with Gasteiger partial charge in [0.25, 0.3) is 0 Å². The number of methoxy groups -OCH3 is 1. The number of carbonyl (C=O) groups is 2. The summed E-state index contributed by atoms with van der Waals surface area (Å²) in [6, 6.07) is 0. The fraction of sp³-hybridized carbons (Fsp3) is 0.846. The maximum Gasteiger partial charge on any atom is 0.407 e. The second kappa shape index (κ2) is 5.77. The number of nitrogens with one attached hydrogen (secondary N) is 1. The van der Waals surface area contributed by atoms with Crippen molar-refractivity contribution >= 4 is 12.1 Å². The summed E-state index contributed by atoms with van der Waals surface area (Å²) in [5, 5.41) is 12.4. The molecule has 0 aliphatic carbocycles. The van der Waals surface area contributed by atoms with Crippen LogP contribution in [0, 0.1) is 5.41 Å². The van der Waals surface area contributed by atoms with Crippen LogP contribution in [0.1, 0.15) is 33.6 Å². The molecule has 1 amide bonds. The molecule has 1 rings (SSSR count). The van der Waals surface area contributed by atoms with Crippen LogP contribution < -0.4 is 5.32 Å². The number of likely N-dealkylation sites (tertiary alicyclic amines) is 1. The van der Waals surface area contributed by atoms with E-state index in [1.54, 1.807) is 0 Å². The number of nitrogens with zero attached hydrogens (tertiary/aromatic N) is 1. The molecular formula is C13H24N2O4. The van der Waals surface area contributed by atoms with E-state index in [1.165, 1.54) is 12.0 Å². The molecule has 6 nitrogen and oxygen atoms in total. The van der Waals surface area contributed by atoms with Crippen LogP contribution >= 0.6 is 0 Å². The highest BCUT2D eigenvalue weighted by molar-refractivity contribution is 5.71. The highest BCUT2D eigenvalue weighted by Crippen LogP contribution is 2.43. The summed E-state index contributed by atoms with van der Waals surface area (Å²) in [6.45, 7) is 7.21. The van der Waals surface area contributed by atoms with E-state index in [4.69, 9.17) is 0 Å². The van der Waals surface area contributed by atoms with Gasteiger partial charge in [0.15, 0.2) is 0 Å². The molecule has 0 radical (unpaired) electrons. The first-order valence-corrected chi connectivity index (χ1v) is 6.53. The van der Waals surface area contributed by atoms with Gasteiger partial charge in [-0.1, -0.05) is 20.8 Å². The Balaban J connectivity index is 2.83. The largest absolute Gasteiger partial charge is 0.468 e. The SMILES string of the molecule is COC(=O)CNC[C@]1(C(C)(C)C)CCCN1C(=O)O. The highest BCUT2D eigenvalue weighted by Gasteiger charge is 2.51. The van der Waals surface area contributed by atoms with Gasteiger partial charge in [-0.2, -0.15) is 0 Å². The smallest absolute Gasteiger partial charge is 0.407 e. The molecule has 0 aromatic carbocycles. The van der Waals surface area contributed by atoms with E-state index in [-0.39, 0.29) is 17.9 Å². The molecule has 1 aliphatic heterocycles. The Morgan fingerprint density at radius 2 is 2.05 bits per heavy atom. The molecular weight excluding hydrogens is 248 g/mol. The van der Waals surface area contributed by atoms with Crippen molar-refractivity contribution in [3.63, 3.8) is 0 Å². The normalized spacial score (nSPS) is 23.5. The summed E-state index contributed by atoms with van der Waals surface area (Å²) in [5.41, 5.74) is -0.683. The second-order valence-electron chi connectivity index (χ2n) is 6.00. The third-order valence-corrected chi connectivity index (χ3v) is 4.03. The minimum Gasteiger partial charge on any atom is -0.468 e. The fourth-order valence-electron chi connectivity index (χ4n) is 2.83. The minimum absolute atomic E-state index is 0.0990. The van der Waals surface area contributed by atoms with E-state index in [0.717, 1.165) is 12.8 Å². The van der Waals surface area contributed by atoms with Gasteiger partial charge < -0.3 is 20.1 Å². The van der Waals surface area contributed by atoms with Gasteiger partial charge in [-0.05, 0) is 18.3 Å². The second-order valence-corrected chi connectivity index (χ2v) is 6.00. The molecule has 1 aliphatic rings. The quantitative estimate of drug-likeness (QED) is 0.754. The van der Waals surface area contributed by atoms with Gasteiger partial charge in [0.05, 0.1) is 19.2 Å². The lowest BCUT2D eigenvalue weighted by atomic mass is 9.71. The van der Waals surface area contributed by atoms with Crippen molar-refractivity contribution in [3.8, 4) is 0 Å². The van der Waals surface area contributed by atoms with Gasteiger partial charge >= 0.3 is 12.1 Å². The van der Waals surface area contributed by atoms with Crippen LogP contribution in [0.3, 0.4) is 0 Å². The van der Waals surface area contributed by atoms with E-state index in [9.17, 15) is 14.7 Å². The van der Waals surface area contributed by atoms with Crippen molar-refractivity contribution in [2.45, 2.75) is 39.2 Å². The molecule has 1 fully saturated rings. The van der Waals surface area contributed by atoms with Crippen molar-refractivity contribution in [1.29, 1.82) is 0 Å². The lowest BCUT2D eigenvalue weighted by Crippen LogP contribution is -2.60. The molecule has 0 aromatic heterocycles. The number of ether oxygens (including phenoxy) is 1. The number of hydrogen-bond donors (Lipinski definition) is 2. The van der Waals surface area contributed by atoms with Crippen LogP contribution in [-0.2, 0) is 9.53 Å². The van der Waals surface area contributed by atoms with Crippen LogP contribution in [0.5, 0.6) is 0 Å². The summed E-state index contributed by atoms with van der Waals surface area (Å²) in [6.07, 6.45) is 0.757. The number of amides is 1. The molecule has 1 atom stereocenters. The number of rotatable bonds is 4. The zero-order valence-electron chi connectivity index (χ0n) is 12.2. The Kier molecular flexibility index (Phi) is 4.79. The average Bonchev–Trinajstić information content (AvgIpc) is 2.73. The van der Waals surface area contributed by atoms with Crippen molar-refractivity contribution in [3.05, 3.63) is 0 Å². The predicted molar refractivity (Wildman–Crippen MR) is 71.0 cm³/mol. The van der Waals surface area contributed by atoms with E-state index in [1.807, 2.05) is 20.8 Å². The maximum absolute atomic E-state index is 11.4. The topological polar surface area (TPSA) is 78.9 Å². The first-order chi connectivity index (χ1) is 8.74. The van der Waals surface area contributed by atoms with Crippen molar-refractivity contribution < 1.29 is 19.4 Å². The zero-order valence-corrected chi connectivity index (χ0v) is 12.2. The Labute approximate surface area is 114 Å². The molecule has 6 heteroatoms. The summed E-state index contributed by atoms with van der Waals surface area (Å²) in [4.78, 5) is 24.1. The van der Waals surface area contributed by atoms with E-state index >= 15 is 0 Å². The van der Waals surface area contributed by atoms with Gasteiger partial charge in [0.1, 0.15) is 0 Å². The van der Waals surface area contributed by atoms with Crippen LogP contribution in [0.2, 0.25) is 0 Å². The number of hydrogen-bond acceptors (Lipinski definition) is 4. The van der Waals surface area contributed by atoms with E-state index < -0.39 is 11.6 Å². The molecule has 1 saturated heterocycles. The average molecular weight is 272 g/mol. The van der Waals surface area contributed by atoms with Gasteiger partial charge in [-0.25, -0.2) is 4.79 Å². The van der Waals surface area contributed by atoms with Crippen molar-refractivity contribution in [1.82, 2.24) is 10.2 Å². The number of carboxylic acid groups (broad SMARTS) is 1. The zero-order chi connectivity index (χ0) is 14.7. The third-order valence-electron chi connectivity index (χ3n) is 4.03. The van der Waals surface area contributed by atoms with Gasteiger partial charge in [-0.15, -0.1) is 0 Å². The first-order valence-electron chi connectivity index (χ1n) is 6.53. The Hall–Kier alpha value is -1.30. The van der Waals surface area contributed by atoms with Crippen LogP contribution in [0.15, 0.2) is 0 Å². The number of esters is 1. The van der Waals surface area contributed by atoms with Crippen LogP contribution in [0.4, 0.5) is 4.79 Å². The molecule has 0 bridgehead atoms. The summed E-state index contributed by atoms with van der Waals surface area (Å²) in [5.74, 6) is -0.344. The number of carbonyl (C=O) groups excluding carboxylic acids is 1. The van der Waals surface area contributed by atoms with Gasteiger partial charge in [0.2, 0.25) is 0 Å².